The molecule has 1 atom stereocenters. The number of ether oxygens (including phenoxy) is 1. The topological polar surface area (TPSA) is 36.9 Å². The average Bonchev–Trinajstić information content (AvgIpc) is 4.11. The van der Waals surface area contributed by atoms with E-state index < -0.39 is 0 Å². The number of fused-ring (bicyclic) bond motifs is 5. The summed E-state index contributed by atoms with van der Waals surface area (Å²) in [5, 5.41) is 2.34. The van der Waals surface area contributed by atoms with Crippen LogP contribution in [0.3, 0.4) is 0 Å². The quantitative estimate of drug-likeness (QED) is 0.144. The van der Waals surface area contributed by atoms with E-state index in [-0.39, 0.29) is 5.41 Å². The number of aryl methyl sites for hydroxylation is 1. The van der Waals surface area contributed by atoms with Crippen LogP contribution in [0.4, 0.5) is 0 Å². The third-order valence-corrected chi connectivity index (χ3v) is 17.3. The van der Waals surface area contributed by atoms with Crippen LogP contribution in [0.15, 0.2) is 194 Å². The van der Waals surface area contributed by atoms with E-state index in [0.29, 0.717) is 11.8 Å². The molecular formula is C68H60N4OPt. The van der Waals surface area contributed by atoms with E-state index in [1.807, 2.05) is 0 Å². The summed E-state index contributed by atoms with van der Waals surface area (Å²) in [5.41, 5.74) is 19.9. The Kier molecular flexibility index (Phi) is 11.8. The summed E-state index contributed by atoms with van der Waals surface area (Å²) in [6.07, 6.45) is 10.8. The Labute approximate surface area is 445 Å². The van der Waals surface area contributed by atoms with Crippen molar-refractivity contribution in [1.82, 2.24) is 18.7 Å². The van der Waals surface area contributed by atoms with Gasteiger partial charge in [-0.3, -0.25) is 0 Å². The van der Waals surface area contributed by atoms with Crippen molar-refractivity contribution in [3.8, 4) is 62.1 Å². The monoisotopic (exact) mass is 1140 g/mol. The minimum Gasteiger partial charge on any atom is -0.0581 e. The second-order valence-corrected chi connectivity index (χ2v) is 22.9. The summed E-state index contributed by atoms with van der Waals surface area (Å²) in [4.78, 5) is 5.18. The SMILES string of the molecule is Cc1cc(-n2c3ccccc3c3ccc(Oc4cccc(-n5[c](=[Pt])n(-c6c(-c7ccccc7)cc7c(c6-c6ccccc6)CC(C(C)(C)C)C7)c6ccccc65)c4)cc32)ncc1-c1ccc(C2CCCCC2)cc1. The predicted molar refractivity (Wildman–Crippen MR) is 302 cm³/mol. The van der Waals surface area contributed by atoms with Crippen LogP contribution in [0.2, 0.25) is 0 Å². The summed E-state index contributed by atoms with van der Waals surface area (Å²) in [7, 11) is 0. The van der Waals surface area contributed by atoms with Crippen molar-refractivity contribution in [3.63, 3.8) is 0 Å². The zero-order valence-corrected chi connectivity index (χ0v) is 44.9. The van der Waals surface area contributed by atoms with Crippen LogP contribution >= 0.6 is 0 Å². The molecule has 3 aromatic heterocycles. The van der Waals surface area contributed by atoms with Gasteiger partial charge < -0.3 is 0 Å². The summed E-state index contributed by atoms with van der Waals surface area (Å²) >= 11 is 2.57. The molecule has 5 nitrogen and oxygen atoms in total. The van der Waals surface area contributed by atoms with E-state index >= 15 is 0 Å². The number of pyridine rings is 1. The molecule has 8 aromatic carbocycles. The minimum atomic E-state index is 0.180. The van der Waals surface area contributed by atoms with Crippen LogP contribution < -0.4 is 4.74 Å². The molecule has 0 saturated heterocycles. The first-order valence-electron chi connectivity index (χ1n) is 26.5. The first kappa shape index (κ1) is 46.5. The zero-order chi connectivity index (χ0) is 50.1. The van der Waals surface area contributed by atoms with E-state index in [0.717, 1.165) is 67.1 Å². The Morgan fingerprint density at radius 1 is 0.541 bits per heavy atom. The third kappa shape index (κ3) is 8.21. The van der Waals surface area contributed by atoms with Crippen LogP contribution in [0.1, 0.15) is 81.0 Å². The molecule has 0 N–H and O–H groups in total. The van der Waals surface area contributed by atoms with E-state index in [2.05, 4.69) is 255 Å². The van der Waals surface area contributed by atoms with Crippen molar-refractivity contribution < 1.29 is 24.1 Å². The number of hydrogen-bond acceptors (Lipinski definition) is 2. The van der Waals surface area contributed by atoms with E-state index in [1.54, 1.807) is 0 Å². The van der Waals surface area contributed by atoms with E-state index in [4.69, 9.17) is 9.72 Å². The second kappa shape index (κ2) is 18.9. The van der Waals surface area contributed by atoms with Gasteiger partial charge in [-0.15, -0.1) is 0 Å². The number of nitrogens with zero attached hydrogens (tertiary/aromatic N) is 4. The van der Waals surface area contributed by atoms with Crippen molar-refractivity contribution in [3.05, 3.63) is 220 Å². The van der Waals surface area contributed by atoms with Crippen molar-refractivity contribution in [1.29, 1.82) is 0 Å². The number of benzene rings is 8. The normalized spacial score (nSPS) is 15.1. The number of hydrogen-bond donors (Lipinski definition) is 0. The van der Waals surface area contributed by atoms with E-state index in [9.17, 15) is 0 Å². The fraction of sp³-hybridized carbons (Fsp3) is 0.206. The van der Waals surface area contributed by atoms with Gasteiger partial charge >= 0.3 is 338 Å². The third-order valence-electron chi connectivity index (χ3n) is 16.3. The number of para-hydroxylation sites is 3. The Balaban J connectivity index is 0.899. The van der Waals surface area contributed by atoms with Gasteiger partial charge in [0.2, 0.25) is 0 Å². The maximum absolute atomic E-state index is 6.92. The van der Waals surface area contributed by atoms with Crippen LogP contribution in [-0.2, 0) is 32.2 Å². The van der Waals surface area contributed by atoms with E-state index in [1.165, 1.54) is 98.8 Å². The van der Waals surface area contributed by atoms with Crippen molar-refractivity contribution in [2.45, 2.75) is 78.6 Å². The average molecular weight is 1140 g/mol. The van der Waals surface area contributed by atoms with Crippen molar-refractivity contribution in [2.75, 3.05) is 0 Å². The minimum absolute atomic E-state index is 0.180. The van der Waals surface area contributed by atoms with Crippen molar-refractivity contribution in [2.24, 2.45) is 11.3 Å². The predicted octanol–water partition coefficient (Wildman–Crippen LogP) is 17.9. The molecule has 0 amide bonds. The van der Waals surface area contributed by atoms with Crippen LogP contribution in [0, 0.1) is 22.1 Å². The van der Waals surface area contributed by atoms with Gasteiger partial charge in [-0.25, -0.2) is 0 Å². The summed E-state index contributed by atoms with van der Waals surface area (Å²) in [6, 6.07) is 68.6. The van der Waals surface area contributed by atoms with Gasteiger partial charge in [0.25, 0.3) is 0 Å². The van der Waals surface area contributed by atoms with Gasteiger partial charge in [0, 0.05) is 11.8 Å². The molecular weight excluding hydrogens is 1080 g/mol. The molecule has 1 saturated carbocycles. The summed E-state index contributed by atoms with van der Waals surface area (Å²) < 4.78 is 15.2. The first-order valence-corrected chi connectivity index (χ1v) is 27.7. The van der Waals surface area contributed by atoms with Gasteiger partial charge in [0.05, 0.1) is 0 Å². The first-order chi connectivity index (χ1) is 36.2. The molecule has 0 aliphatic heterocycles. The Hall–Kier alpha value is -7.33. The Morgan fingerprint density at radius 2 is 1.19 bits per heavy atom. The zero-order valence-electron chi connectivity index (χ0n) is 42.6. The molecule has 0 bridgehead atoms. The molecule has 2 aliphatic carbocycles. The molecule has 13 rings (SSSR count). The van der Waals surface area contributed by atoms with Gasteiger partial charge in [-0.05, 0) is 42.4 Å². The molecule has 1 fully saturated rings. The Morgan fingerprint density at radius 3 is 1.92 bits per heavy atom. The summed E-state index contributed by atoms with van der Waals surface area (Å²) in [6.45, 7) is 9.42. The van der Waals surface area contributed by atoms with Crippen LogP contribution in [0.5, 0.6) is 11.5 Å². The molecule has 3 heterocycles. The van der Waals surface area contributed by atoms with Gasteiger partial charge in [0.15, 0.2) is 0 Å². The molecule has 6 heteroatoms. The number of aromatic nitrogens is 4. The molecule has 1 unspecified atom stereocenters. The molecule has 0 spiro atoms. The van der Waals surface area contributed by atoms with Gasteiger partial charge in [-0.1, -0.05) is 55.7 Å². The molecule has 74 heavy (non-hydrogen) atoms. The van der Waals surface area contributed by atoms with Crippen LogP contribution in [0.25, 0.3) is 83.4 Å². The van der Waals surface area contributed by atoms with Gasteiger partial charge in [-0.2, -0.15) is 0 Å². The summed E-state index contributed by atoms with van der Waals surface area (Å²) in [5.74, 6) is 3.65. The molecule has 11 aromatic rings. The molecule has 368 valence electrons. The van der Waals surface area contributed by atoms with Crippen LogP contribution in [-0.4, -0.2) is 18.7 Å². The van der Waals surface area contributed by atoms with Gasteiger partial charge in [0.1, 0.15) is 0 Å². The smallest absolute Gasteiger partial charge is 0.0581 e. The standard InChI is InChI=1S/C68H60N4O.Pt/c1-45-37-65(69-43-60(45)49-33-31-47(32-34-49)46-19-8-5-9-20-46)72-61-28-15-14-27-56(61)57-36-35-55(42-64(57)72)73-54-26-18-25-53(41-54)70-44-71(63-30-17-16-29-62(63)70)67-59(48-21-10-6-11-22-48)39-51-38-52(68(2,3)4)40-58(51)66(67)50-23-12-7-13-24-50;/h6-7,10-18,21-37,39,41-43,46,52H,5,8-9,19-20,38,40H2,1-4H3;. The second-order valence-electron chi connectivity index (χ2n) is 21.8. The number of rotatable bonds is 9. The maximum atomic E-state index is 6.92. The number of imidazole rings is 1. The fourth-order valence-electron chi connectivity index (χ4n) is 12.4. The molecule has 0 radical (unpaired) electrons. The molecule has 2 aliphatic rings. The fourth-order valence-corrected chi connectivity index (χ4v) is 13.4. The van der Waals surface area contributed by atoms with Crippen molar-refractivity contribution >= 4 is 32.8 Å². The Bertz CT molecular complexity index is 3980.